The Morgan fingerprint density at radius 2 is 1.85 bits per heavy atom. The minimum absolute atomic E-state index is 0.218. The molecule has 8 heteroatoms. The quantitative estimate of drug-likeness (QED) is 0.685. The van der Waals surface area contributed by atoms with E-state index in [9.17, 15) is 22.4 Å². The molecule has 0 saturated heterocycles. The first-order chi connectivity index (χ1) is 12.9. The monoisotopic (exact) mass is 377 g/mol. The Balaban J connectivity index is 1.84. The molecule has 1 N–H and O–H groups in total. The van der Waals surface area contributed by atoms with E-state index < -0.39 is 36.1 Å². The van der Waals surface area contributed by atoms with E-state index in [1.807, 2.05) is 0 Å². The highest BCUT2D eigenvalue weighted by atomic mass is 19.4. The number of carbonyl (C=O) groups is 1. The molecule has 3 rings (SSSR count). The van der Waals surface area contributed by atoms with Crippen LogP contribution in [0.4, 0.5) is 17.6 Å². The molecule has 1 unspecified atom stereocenters. The maximum absolute atomic E-state index is 13.2. The largest absolute Gasteiger partial charge is 0.416 e. The van der Waals surface area contributed by atoms with Crippen LogP contribution in [0, 0.1) is 5.82 Å². The van der Waals surface area contributed by atoms with E-state index in [-0.39, 0.29) is 5.56 Å². The maximum atomic E-state index is 13.2. The van der Waals surface area contributed by atoms with Gasteiger partial charge in [-0.25, -0.2) is 4.39 Å². The topological polar surface area (TPSA) is 46.9 Å². The molecule has 4 nitrogen and oxygen atoms in total. The average molecular weight is 377 g/mol. The summed E-state index contributed by atoms with van der Waals surface area (Å²) in [5.41, 5.74) is -0.698. The third kappa shape index (κ3) is 4.33. The standard InChI is InChI=1S/C19H15F4N3O/c20-15-8-7-14(16(11-15)19(21,22)23)12-24-18(27)17(26-10-4-9-25-26)13-5-2-1-3-6-13/h1-11,17H,12H2,(H,24,27). The number of nitrogens with one attached hydrogen (secondary N) is 1. The number of amides is 1. The van der Waals surface area contributed by atoms with Crippen molar-refractivity contribution in [2.45, 2.75) is 18.8 Å². The third-order valence-corrected chi connectivity index (χ3v) is 3.98. The highest BCUT2D eigenvalue weighted by molar-refractivity contribution is 5.83. The molecule has 0 aliphatic rings. The Bertz CT molecular complexity index is 908. The van der Waals surface area contributed by atoms with E-state index in [0.717, 1.165) is 12.1 Å². The van der Waals surface area contributed by atoms with Crippen molar-refractivity contribution in [3.8, 4) is 0 Å². The first kappa shape index (κ1) is 18.6. The molecule has 27 heavy (non-hydrogen) atoms. The fourth-order valence-electron chi connectivity index (χ4n) is 2.74. The van der Waals surface area contributed by atoms with Gasteiger partial charge in [-0.3, -0.25) is 9.48 Å². The first-order valence-electron chi connectivity index (χ1n) is 8.03. The molecule has 0 spiro atoms. The summed E-state index contributed by atoms with van der Waals surface area (Å²) < 4.78 is 53.9. The van der Waals surface area contributed by atoms with Gasteiger partial charge in [0.2, 0.25) is 5.91 Å². The maximum Gasteiger partial charge on any atom is 0.416 e. The van der Waals surface area contributed by atoms with Crippen LogP contribution >= 0.6 is 0 Å². The molecule has 1 amide bonds. The molecule has 0 aliphatic heterocycles. The second-order valence-electron chi connectivity index (χ2n) is 5.82. The summed E-state index contributed by atoms with van der Waals surface area (Å²) in [6.07, 6.45) is -1.62. The van der Waals surface area contributed by atoms with Gasteiger partial charge in [0.05, 0.1) is 5.56 Å². The molecular formula is C19H15F4N3O. The van der Waals surface area contributed by atoms with Gasteiger partial charge < -0.3 is 5.32 Å². The lowest BCUT2D eigenvalue weighted by molar-refractivity contribution is -0.138. The van der Waals surface area contributed by atoms with Gasteiger partial charge in [-0.05, 0) is 29.3 Å². The van der Waals surface area contributed by atoms with Gasteiger partial charge in [-0.1, -0.05) is 36.4 Å². The lowest BCUT2D eigenvalue weighted by Crippen LogP contribution is -2.33. The van der Waals surface area contributed by atoms with Crippen molar-refractivity contribution in [1.29, 1.82) is 0 Å². The summed E-state index contributed by atoms with van der Waals surface area (Å²) in [5, 5.41) is 6.56. The van der Waals surface area contributed by atoms with E-state index in [4.69, 9.17) is 0 Å². The highest BCUT2D eigenvalue weighted by Crippen LogP contribution is 2.32. The van der Waals surface area contributed by atoms with Gasteiger partial charge in [-0.15, -0.1) is 0 Å². The first-order valence-corrected chi connectivity index (χ1v) is 8.03. The minimum Gasteiger partial charge on any atom is -0.350 e. The molecular weight excluding hydrogens is 362 g/mol. The summed E-state index contributed by atoms with van der Waals surface area (Å²) in [5.74, 6) is -1.52. The summed E-state index contributed by atoms with van der Waals surface area (Å²) in [7, 11) is 0. The Morgan fingerprint density at radius 1 is 1.11 bits per heavy atom. The fourth-order valence-corrected chi connectivity index (χ4v) is 2.74. The highest BCUT2D eigenvalue weighted by Gasteiger charge is 2.34. The molecule has 140 valence electrons. The van der Waals surface area contributed by atoms with Crippen LogP contribution in [0.1, 0.15) is 22.7 Å². The van der Waals surface area contributed by atoms with Crippen molar-refractivity contribution in [2.24, 2.45) is 0 Å². The number of rotatable bonds is 5. The number of halogens is 4. The van der Waals surface area contributed by atoms with Crippen molar-refractivity contribution in [3.05, 3.63) is 89.5 Å². The number of nitrogens with zero attached hydrogens (tertiary/aromatic N) is 2. The van der Waals surface area contributed by atoms with E-state index >= 15 is 0 Å². The van der Waals surface area contributed by atoms with Crippen LogP contribution < -0.4 is 5.32 Å². The molecule has 0 bridgehead atoms. The van der Waals surface area contributed by atoms with Crippen LogP contribution in [-0.2, 0) is 17.5 Å². The number of carbonyl (C=O) groups excluding carboxylic acids is 1. The molecule has 1 atom stereocenters. The number of hydrogen-bond donors (Lipinski definition) is 1. The normalized spacial score (nSPS) is 12.6. The zero-order chi connectivity index (χ0) is 19.4. The molecule has 2 aromatic carbocycles. The Hall–Kier alpha value is -3.16. The predicted molar refractivity (Wildman–Crippen MR) is 90.1 cm³/mol. The molecule has 1 aromatic heterocycles. The number of hydrogen-bond acceptors (Lipinski definition) is 2. The van der Waals surface area contributed by atoms with Gasteiger partial charge in [0, 0.05) is 18.9 Å². The second-order valence-corrected chi connectivity index (χ2v) is 5.82. The van der Waals surface area contributed by atoms with Crippen molar-refractivity contribution >= 4 is 5.91 Å². The summed E-state index contributed by atoms with van der Waals surface area (Å²) in [6, 6.07) is 11.9. The second kappa shape index (κ2) is 7.61. The Labute approximate surface area is 152 Å². The Morgan fingerprint density at radius 3 is 2.48 bits per heavy atom. The van der Waals surface area contributed by atoms with Crippen LogP contribution in [0.3, 0.4) is 0 Å². The molecule has 0 fully saturated rings. The van der Waals surface area contributed by atoms with Gasteiger partial charge >= 0.3 is 6.18 Å². The zero-order valence-corrected chi connectivity index (χ0v) is 13.9. The molecule has 1 heterocycles. The Kier molecular flexibility index (Phi) is 5.25. The van der Waals surface area contributed by atoms with E-state index in [2.05, 4.69) is 10.4 Å². The third-order valence-electron chi connectivity index (χ3n) is 3.98. The summed E-state index contributed by atoms with van der Waals surface area (Å²) in [4.78, 5) is 12.7. The number of benzene rings is 2. The molecule has 0 saturated carbocycles. The molecule has 0 aliphatic carbocycles. The van der Waals surface area contributed by atoms with E-state index in [1.54, 1.807) is 42.6 Å². The van der Waals surface area contributed by atoms with Crippen LogP contribution in [-0.4, -0.2) is 15.7 Å². The summed E-state index contributed by atoms with van der Waals surface area (Å²) in [6.45, 7) is -0.390. The predicted octanol–water partition coefficient (Wildman–Crippen LogP) is 3.95. The average Bonchev–Trinajstić information content (AvgIpc) is 3.15. The lowest BCUT2D eigenvalue weighted by Gasteiger charge is -2.19. The number of aromatic nitrogens is 2. The summed E-state index contributed by atoms with van der Waals surface area (Å²) >= 11 is 0. The van der Waals surface area contributed by atoms with Crippen LogP contribution in [0.15, 0.2) is 67.0 Å². The smallest absolute Gasteiger partial charge is 0.350 e. The van der Waals surface area contributed by atoms with Crippen molar-refractivity contribution in [1.82, 2.24) is 15.1 Å². The van der Waals surface area contributed by atoms with Crippen molar-refractivity contribution in [2.75, 3.05) is 0 Å². The van der Waals surface area contributed by atoms with Crippen molar-refractivity contribution < 1.29 is 22.4 Å². The minimum atomic E-state index is -4.72. The fraction of sp³-hybridized carbons (Fsp3) is 0.158. The van der Waals surface area contributed by atoms with Crippen LogP contribution in [0.5, 0.6) is 0 Å². The lowest BCUT2D eigenvalue weighted by atomic mass is 10.0. The van der Waals surface area contributed by atoms with Crippen LogP contribution in [0.2, 0.25) is 0 Å². The number of alkyl halides is 3. The van der Waals surface area contributed by atoms with Gasteiger partial charge in [-0.2, -0.15) is 18.3 Å². The molecule has 0 radical (unpaired) electrons. The van der Waals surface area contributed by atoms with E-state index in [1.165, 1.54) is 10.9 Å². The molecule has 3 aromatic rings. The SMILES string of the molecule is O=C(NCc1ccc(F)cc1C(F)(F)F)C(c1ccccc1)n1cccn1. The van der Waals surface area contributed by atoms with Gasteiger partial charge in [0.25, 0.3) is 0 Å². The van der Waals surface area contributed by atoms with E-state index in [0.29, 0.717) is 11.6 Å². The van der Waals surface area contributed by atoms with Gasteiger partial charge in [0.15, 0.2) is 6.04 Å². The van der Waals surface area contributed by atoms with Crippen LogP contribution in [0.25, 0.3) is 0 Å². The zero-order valence-electron chi connectivity index (χ0n) is 13.9. The van der Waals surface area contributed by atoms with Crippen molar-refractivity contribution in [3.63, 3.8) is 0 Å². The van der Waals surface area contributed by atoms with Gasteiger partial charge in [0.1, 0.15) is 5.82 Å².